The summed E-state index contributed by atoms with van der Waals surface area (Å²) >= 11 is 0. The number of hydrogen-bond donors (Lipinski definition) is 0. The quantitative estimate of drug-likeness (QED) is 0.599. The summed E-state index contributed by atoms with van der Waals surface area (Å²) in [7, 11) is 1.64. The van der Waals surface area contributed by atoms with Gasteiger partial charge in [-0.3, -0.25) is 9.69 Å². The number of hydrogen-bond acceptors (Lipinski definition) is 5. The molecule has 1 aliphatic heterocycles. The van der Waals surface area contributed by atoms with Gasteiger partial charge in [-0.15, -0.1) is 0 Å². The molecule has 1 amide bonds. The number of morpholine rings is 1. The third kappa shape index (κ3) is 6.47. The first-order valence-corrected chi connectivity index (χ1v) is 10.6. The fourth-order valence-corrected chi connectivity index (χ4v) is 3.49. The van der Waals surface area contributed by atoms with E-state index in [9.17, 15) is 4.79 Å². The highest BCUT2D eigenvalue weighted by atomic mass is 16.5. The number of carbonyl (C=O) groups is 1. The average Bonchev–Trinajstić information content (AvgIpc) is 2.81. The molecule has 1 fully saturated rings. The van der Waals surface area contributed by atoms with Gasteiger partial charge < -0.3 is 19.1 Å². The standard InChI is InChI=1S/C24H32N2O4/c1-3-24(27)26(12-11-25-13-15-29-16-14-25)18-21-9-10-22(23(17-21)28-2)30-19-20-7-5-4-6-8-20/h4-10,17H,3,11-16,18-19H2,1-2H3. The molecule has 0 saturated carbocycles. The van der Waals surface area contributed by atoms with Gasteiger partial charge in [0.25, 0.3) is 0 Å². The maximum atomic E-state index is 12.5. The Hall–Kier alpha value is -2.57. The molecule has 1 heterocycles. The number of ether oxygens (including phenoxy) is 3. The highest BCUT2D eigenvalue weighted by molar-refractivity contribution is 5.75. The second-order valence-electron chi connectivity index (χ2n) is 7.38. The third-order valence-electron chi connectivity index (χ3n) is 5.28. The van der Waals surface area contributed by atoms with Gasteiger partial charge in [-0.25, -0.2) is 0 Å². The van der Waals surface area contributed by atoms with Crippen LogP contribution < -0.4 is 9.47 Å². The van der Waals surface area contributed by atoms with Gasteiger partial charge in [0.1, 0.15) is 6.61 Å². The van der Waals surface area contributed by atoms with Gasteiger partial charge in [0.15, 0.2) is 11.5 Å². The van der Waals surface area contributed by atoms with Crippen molar-refractivity contribution in [2.45, 2.75) is 26.5 Å². The van der Waals surface area contributed by atoms with E-state index in [0.717, 1.165) is 44.0 Å². The molecule has 0 aromatic heterocycles. The molecule has 2 aromatic rings. The van der Waals surface area contributed by atoms with Crippen LogP contribution in [0.2, 0.25) is 0 Å². The summed E-state index contributed by atoms with van der Waals surface area (Å²) in [6.45, 7) is 7.91. The lowest BCUT2D eigenvalue weighted by Gasteiger charge is -2.30. The van der Waals surface area contributed by atoms with Crippen LogP contribution in [0.25, 0.3) is 0 Å². The molecule has 0 bridgehead atoms. The Morgan fingerprint density at radius 2 is 1.83 bits per heavy atom. The molecule has 6 heteroatoms. The zero-order chi connectivity index (χ0) is 21.2. The van der Waals surface area contributed by atoms with E-state index in [0.29, 0.717) is 37.6 Å². The molecular formula is C24H32N2O4. The molecule has 3 rings (SSSR count). The van der Waals surface area contributed by atoms with Crippen LogP contribution in [0.15, 0.2) is 48.5 Å². The lowest BCUT2D eigenvalue weighted by Crippen LogP contribution is -2.42. The van der Waals surface area contributed by atoms with Crippen molar-refractivity contribution in [3.8, 4) is 11.5 Å². The number of amides is 1. The normalized spacial score (nSPS) is 14.3. The molecule has 0 unspecified atom stereocenters. The van der Waals surface area contributed by atoms with Gasteiger partial charge in [0, 0.05) is 39.1 Å². The first kappa shape index (κ1) is 22.1. The van der Waals surface area contributed by atoms with Gasteiger partial charge in [-0.05, 0) is 23.3 Å². The summed E-state index contributed by atoms with van der Waals surface area (Å²) in [5.74, 6) is 1.54. The highest BCUT2D eigenvalue weighted by Gasteiger charge is 2.17. The summed E-state index contributed by atoms with van der Waals surface area (Å²) in [6, 6.07) is 15.9. The number of rotatable bonds is 10. The van der Waals surface area contributed by atoms with Crippen molar-refractivity contribution in [1.82, 2.24) is 9.80 Å². The Morgan fingerprint density at radius 1 is 1.07 bits per heavy atom. The van der Waals surface area contributed by atoms with Crippen molar-refractivity contribution in [3.63, 3.8) is 0 Å². The summed E-state index contributed by atoms with van der Waals surface area (Å²) in [4.78, 5) is 16.8. The van der Waals surface area contributed by atoms with Gasteiger partial charge in [-0.1, -0.05) is 43.3 Å². The van der Waals surface area contributed by atoms with E-state index in [4.69, 9.17) is 14.2 Å². The number of carbonyl (C=O) groups excluding carboxylic acids is 1. The number of methoxy groups -OCH3 is 1. The number of benzene rings is 2. The van der Waals surface area contributed by atoms with E-state index in [-0.39, 0.29) is 5.91 Å². The lowest BCUT2D eigenvalue weighted by molar-refractivity contribution is -0.131. The largest absolute Gasteiger partial charge is 0.493 e. The van der Waals surface area contributed by atoms with E-state index >= 15 is 0 Å². The molecule has 30 heavy (non-hydrogen) atoms. The minimum Gasteiger partial charge on any atom is -0.493 e. The van der Waals surface area contributed by atoms with Crippen molar-refractivity contribution < 1.29 is 19.0 Å². The number of nitrogens with zero attached hydrogens (tertiary/aromatic N) is 2. The molecule has 162 valence electrons. The van der Waals surface area contributed by atoms with Crippen molar-refractivity contribution in [2.75, 3.05) is 46.5 Å². The van der Waals surface area contributed by atoms with Gasteiger partial charge in [0.05, 0.1) is 20.3 Å². The van der Waals surface area contributed by atoms with Crippen LogP contribution in [0.5, 0.6) is 11.5 Å². The van der Waals surface area contributed by atoms with Gasteiger partial charge in [0.2, 0.25) is 5.91 Å². The van der Waals surface area contributed by atoms with Gasteiger partial charge >= 0.3 is 0 Å². The SMILES string of the molecule is CCC(=O)N(CCN1CCOCC1)Cc1ccc(OCc2ccccc2)c(OC)c1. The Bertz CT molecular complexity index is 791. The van der Waals surface area contributed by atoms with Crippen molar-refractivity contribution in [1.29, 1.82) is 0 Å². The Morgan fingerprint density at radius 3 is 2.53 bits per heavy atom. The molecular weight excluding hydrogens is 380 g/mol. The average molecular weight is 413 g/mol. The molecule has 1 aliphatic rings. The van der Waals surface area contributed by atoms with Crippen LogP contribution in [0.3, 0.4) is 0 Å². The zero-order valence-electron chi connectivity index (χ0n) is 18.0. The maximum absolute atomic E-state index is 12.5. The van der Waals surface area contributed by atoms with Crippen LogP contribution in [0.4, 0.5) is 0 Å². The fraction of sp³-hybridized carbons (Fsp3) is 0.458. The van der Waals surface area contributed by atoms with E-state index < -0.39 is 0 Å². The molecule has 0 radical (unpaired) electrons. The molecule has 6 nitrogen and oxygen atoms in total. The summed E-state index contributed by atoms with van der Waals surface area (Å²) < 4.78 is 16.9. The van der Waals surface area contributed by atoms with Crippen LogP contribution >= 0.6 is 0 Å². The van der Waals surface area contributed by atoms with Gasteiger partial charge in [-0.2, -0.15) is 0 Å². The smallest absolute Gasteiger partial charge is 0.222 e. The molecule has 0 N–H and O–H groups in total. The minimum atomic E-state index is 0.159. The predicted molar refractivity (Wildman–Crippen MR) is 117 cm³/mol. The summed E-state index contributed by atoms with van der Waals surface area (Å²) in [6.07, 6.45) is 0.499. The topological polar surface area (TPSA) is 51.2 Å². The van der Waals surface area contributed by atoms with Crippen LogP contribution in [-0.4, -0.2) is 62.2 Å². The van der Waals surface area contributed by atoms with E-state index in [1.807, 2.05) is 60.4 Å². The zero-order valence-corrected chi connectivity index (χ0v) is 18.0. The van der Waals surface area contributed by atoms with Crippen LogP contribution in [-0.2, 0) is 22.7 Å². The van der Waals surface area contributed by atoms with Crippen LogP contribution in [0.1, 0.15) is 24.5 Å². The molecule has 1 saturated heterocycles. The van der Waals surface area contributed by atoms with Crippen molar-refractivity contribution in [3.05, 3.63) is 59.7 Å². The van der Waals surface area contributed by atoms with E-state index in [1.165, 1.54) is 0 Å². The minimum absolute atomic E-state index is 0.159. The highest BCUT2D eigenvalue weighted by Crippen LogP contribution is 2.29. The molecule has 0 aliphatic carbocycles. The van der Waals surface area contributed by atoms with Crippen molar-refractivity contribution in [2.24, 2.45) is 0 Å². The Kier molecular flexibility index (Phi) is 8.53. The second kappa shape index (κ2) is 11.6. The molecule has 2 aromatic carbocycles. The molecule has 0 atom stereocenters. The fourth-order valence-electron chi connectivity index (χ4n) is 3.49. The van der Waals surface area contributed by atoms with E-state index in [1.54, 1.807) is 7.11 Å². The summed E-state index contributed by atoms with van der Waals surface area (Å²) in [5, 5.41) is 0. The Labute approximate surface area is 179 Å². The maximum Gasteiger partial charge on any atom is 0.222 e. The Balaban J connectivity index is 1.62. The van der Waals surface area contributed by atoms with E-state index in [2.05, 4.69) is 4.90 Å². The first-order valence-electron chi connectivity index (χ1n) is 10.6. The third-order valence-corrected chi connectivity index (χ3v) is 5.28. The lowest BCUT2D eigenvalue weighted by atomic mass is 10.1. The monoisotopic (exact) mass is 412 g/mol. The predicted octanol–water partition coefficient (Wildman–Crippen LogP) is 3.35. The molecule has 0 spiro atoms. The van der Waals surface area contributed by atoms with Crippen molar-refractivity contribution >= 4 is 5.91 Å². The van der Waals surface area contributed by atoms with Crippen LogP contribution in [0, 0.1) is 0 Å². The first-order chi connectivity index (χ1) is 14.7. The second-order valence-corrected chi connectivity index (χ2v) is 7.38. The summed E-state index contributed by atoms with van der Waals surface area (Å²) in [5.41, 5.74) is 2.13.